The fourth-order valence-electron chi connectivity index (χ4n) is 1.27. The molecule has 0 saturated heterocycles. The molecule has 1 atom stereocenters. The molecule has 0 fully saturated rings. The Bertz CT molecular complexity index is 344. The smallest absolute Gasteiger partial charge is 0.191 e. The Hall–Kier alpha value is -1.15. The van der Waals surface area contributed by atoms with Gasteiger partial charge in [0.1, 0.15) is 6.10 Å². The summed E-state index contributed by atoms with van der Waals surface area (Å²) in [6, 6.07) is 7.27. The molecule has 0 aromatic heterocycles. The predicted octanol–water partition coefficient (Wildman–Crippen LogP) is 2.58. The summed E-state index contributed by atoms with van der Waals surface area (Å²) in [5.74, 6) is -0.206. The molecule has 0 spiro atoms. The zero-order valence-electron chi connectivity index (χ0n) is 9.74. The molecule has 0 radical (unpaired) electrons. The van der Waals surface area contributed by atoms with Crippen LogP contribution in [0.15, 0.2) is 24.3 Å². The van der Waals surface area contributed by atoms with Gasteiger partial charge in [0.05, 0.1) is 0 Å². The highest BCUT2D eigenvalue weighted by atomic mass is 16.3. The molecular weight excluding hydrogens is 188 g/mol. The number of rotatable bonds is 2. The lowest BCUT2D eigenvalue weighted by Crippen LogP contribution is -2.34. The quantitative estimate of drug-likeness (QED) is 0.755. The number of benzene rings is 1. The normalized spacial score (nSPS) is 13.7. The van der Waals surface area contributed by atoms with Crippen molar-refractivity contribution in [1.82, 2.24) is 0 Å². The summed E-state index contributed by atoms with van der Waals surface area (Å²) in [6.07, 6.45) is -0.944. The van der Waals surface area contributed by atoms with Crippen LogP contribution in [0.25, 0.3) is 0 Å². The summed E-state index contributed by atoms with van der Waals surface area (Å²) < 4.78 is 0. The maximum absolute atomic E-state index is 11.9. The molecule has 0 saturated carbocycles. The number of Topliss-reactive ketones (excluding diaryl/α,β-unsaturated/α-hetero) is 1. The van der Waals surface area contributed by atoms with Crippen molar-refractivity contribution in [2.24, 2.45) is 5.41 Å². The molecule has 0 amide bonds. The third kappa shape index (κ3) is 2.90. The molecule has 2 nitrogen and oxygen atoms in total. The average Bonchev–Trinajstić information content (AvgIpc) is 2.15. The first-order valence-corrected chi connectivity index (χ1v) is 5.11. The van der Waals surface area contributed by atoms with Crippen LogP contribution < -0.4 is 0 Å². The Kier molecular flexibility index (Phi) is 3.30. The molecular formula is C13H18O2. The van der Waals surface area contributed by atoms with Crippen LogP contribution in [-0.2, 0) is 0 Å². The van der Waals surface area contributed by atoms with Crippen LogP contribution in [0.4, 0.5) is 0 Å². The summed E-state index contributed by atoms with van der Waals surface area (Å²) >= 11 is 0. The van der Waals surface area contributed by atoms with Gasteiger partial charge in [-0.15, -0.1) is 0 Å². The van der Waals surface area contributed by atoms with Gasteiger partial charge in [-0.05, 0) is 12.3 Å². The summed E-state index contributed by atoms with van der Waals surface area (Å²) in [4.78, 5) is 11.9. The van der Waals surface area contributed by atoms with Crippen LogP contribution in [0, 0.1) is 12.3 Å². The van der Waals surface area contributed by atoms with E-state index in [0.29, 0.717) is 5.56 Å². The number of aliphatic hydroxyl groups excluding tert-OH is 1. The predicted molar refractivity (Wildman–Crippen MR) is 61.0 cm³/mol. The second kappa shape index (κ2) is 4.15. The Morgan fingerprint density at radius 1 is 1.20 bits per heavy atom. The lowest BCUT2D eigenvalue weighted by molar-refractivity contribution is 0.0443. The summed E-state index contributed by atoms with van der Waals surface area (Å²) in [7, 11) is 0. The second-order valence-corrected chi connectivity index (χ2v) is 5.00. The molecule has 0 heterocycles. The first-order chi connectivity index (χ1) is 6.82. The third-order valence-corrected chi connectivity index (χ3v) is 2.40. The van der Waals surface area contributed by atoms with Crippen molar-refractivity contribution in [2.75, 3.05) is 0 Å². The van der Waals surface area contributed by atoms with Crippen molar-refractivity contribution in [1.29, 1.82) is 0 Å². The fraction of sp³-hybridized carbons (Fsp3) is 0.462. The van der Waals surface area contributed by atoms with E-state index in [1.54, 1.807) is 12.1 Å². The number of aliphatic hydroxyl groups is 1. The second-order valence-electron chi connectivity index (χ2n) is 5.00. The lowest BCUT2D eigenvalue weighted by atomic mass is 9.84. The van der Waals surface area contributed by atoms with Gasteiger partial charge in [-0.1, -0.05) is 50.6 Å². The minimum Gasteiger partial charge on any atom is -0.384 e. The molecule has 82 valence electrons. The van der Waals surface area contributed by atoms with Crippen molar-refractivity contribution in [3.8, 4) is 0 Å². The van der Waals surface area contributed by atoms with Crippen molar-refractivity contribution < 1.29 is 9.90 Å². The van der Waals surface area contributed by atoms with E-state index < -0.39 is 11.5 Å². The maximum Gasteiger partial charge on any atom is 0.191 e. The molecule has 15 heavy (non-hydrogen) atoms. The Balaban J connectivity index is 2.90. The molecule has 2 heteroatoms. The van der Waals surface area contributed by atoms with E-state index in [4.69, 9.17) is 0 Å². The van der Waals surface area contributed by atoms with Crippen LogP contribution in [0.1, 0.15) is 36.7 Å². The number of ketones is 1. The fourth-order valence-corrected chi connectivity index (χ4v) is 1.27. The van der Waals surface area contributed by atoms with Gasteiger partial charge in [-0.3, -0.25) is 4.79 Å². The van der Waals surface area contributed by atoms with Crippen LogP contribution in [-0.4, -0.2) is 17.0 Å². The minimum absolute atomic E-state index is 0.206. The Morgan fingerprint density at radius 3 is 2.07 bits per heavy atom. The van der Waals surface area contributed by atoms with Crippen molar-refractivity contribution in [3.63, 3.8) is 0 Å². The first kappa shape index (κ1) is 11.9. The zero-order chi connectivity index (χ0) is 11.6. The number of hydrogen-bond donors (Lipinski definition) is 1. The van der Waals surface area contributed by atoms with Gasteiger partial charge >= 0.3 is 0 Å². The first-order valence-electron chi connectivity index (χ1n) is 5.11. The van der Waals surface area contributed by atoms with Gasteiger partial charge in [-0.25, -0.2) is 0 Å². The summed E-state index contributed by atoms with van der Waals surface area (Å²) in [5.41, 5.74) is 1.27. The molecule has 1 aromatic rings. The molecule has 1 unspecified atom stereocenters. The van der Waals surface area contributed by atoms with Crippen LogP contribution >= 0.6 is 0 Å². The number of aryl methyl sites for hydroxylation is 1. The Morgan fingerprint density at radius 2 is 1.67 bits per heavy atom. The van der Waals surface area contributed by atoms with Gasteiger partial charge in [0.25, 0.3) is 0 Å². The van der Waals surface area contributed by atoms with Crippen LogP contribution in [0.5, 0.6) is 0 Å². The Labute approximate surface area is 90.9 Å². The topological polar surface area (TPSA) is 37.3 Å². The molecule has 0 aliphatic rings. The molecule has 0 bridgehead atoms. The largest absolute Gasteiger partial charge is 0.384 e. The summed E-state index contributed by atoms with van der Waals surface area (Å²) in [5, 5.41) is 9.83. The molecule has 1 aromatic carbocycles. The molecule has 0 aliphatic heterocycles. The third-order valence-electron chi connectivity index (χ3n) is 2.40. The van der Waals surface area contributed by atoms with E-state index >= 15 is 0 Å². The SMILES string of the molecule is Cc1ccc(C(=O)C(O)C(C)(C)C)cc1. The van der Waals surface area contributed by atoms with Crippen LogP contribution in [0.2, 0.25) is 0 Å². The molecule has 0 aliphatic carbocycles. The highest BCUT2D eigenvalue weighted by Gasteiger charge is 2.29. The van der Waals surface area contributed by atoms with Gasteiger partial charge in [-0.2, -0.15) is 0 Å². The maximum atomic E-state index is 11.9. The van der Waals surface area contributed by atoms with Crippen LogP contribution in [0.3, 0.4) is 0 Å². The lowest BCUT2D eigenvalue weighted by Gasteiger charge is -2.24. The van der Waals surface area contributed by atoms with Gasteiger partial charge in [0.2, 0.25) is 0 Å². The van der Waals surface area contributed by atoms with Gasteiger partial charge in [0, 0.05) is 5.56 Å². The highest BCUT2D eigenvalue weighted by molar-refractivity contribution is 5.99. The van der Waals surface area contributed by atoms with E-state index in [9.17, 15) is 9.90 Å². The van der Waals surface area contributed by atoms with Gasteiger partial charge in [0.15, 0.2) is 5.78 Å². The minimum atomic E-state index is -0.944. The standard InChI is InChI=1S/C13H18O2/c1-9-5-7-10(8-6-9)11(14)12(15)13(2,3)4/h5-8,12,15H,1-4H3. The highest BCUT2D eigenvalue weighted by Crippen LogP contribution is 2.22. The van der Waals surface area contributed by atoms with E-state index in [2.05, 4.69) is 0 Å². The average molecular weight is 206 g/mol. The van der Waals surface area contributed by atoms with E-state index in [1.165, 1.54) is 0 Å². The number of carbonyl (C=O) groups is 1. The van der Waals surface area contributed by atoms with E-state index in [1.807, 2.05) is 39.8 Å². The summed E-state index contributed by atoms with van der Waals surface area (Å²) in [6.45, 7) is 7.52. The molecule has 1 N–H and O–H groups in total. The van der Waals surface area contributed by atoms with Crippen molar-refractivity contribution >= 4 is 5.78 Å². The van der Waals surface area contributed by atoms with E-state index in [0.717, 1.165) is 5.56 Å². The van der Waals surface area contributed by atoms with Crippen molar-refractivity contribution in [2.45, 2.75) is 33.8 Å². The monoisotopic (exact) mass is 206 g/mol. The van der Waals surface area contributed by atoms with Gasteiger partial charge < -0.3 is 5.11 Å². The number of hydrogen-bond acceptors (Lipinski definition) is 2. The van der Waals surface area contributed by atoms with E-state index in [-0.39, 0.29) is 5.78 Å². The van der Waals surface area contributed by atoms with Crippen molar-refractivity contribution in [3.05, 3.63) is 35.4 Å². The molecule has 1 rings (SSSR count). The number of carbonyl (C=O) groups excluding carboxylic acids is 1. The zero-order valence-corrected chi connectivity index (χ0v) is 9.74.